The van der Waals surface area contributed by atoms with Crippen molar-refractivity contribution in [2.45, 2.75) is 39.5 Å². The van der Waals surface area contributed by atoms with Crippen LogP contribution < -0.4 is 5.32 Å². The van der Waals surface area contributed by atoms with Crippen LogP contribution in [0.1, 0.15) is 39.5 Å². The van der Waals surface area contributed by atoms with E-state index in [2.05, 4.69) is 24.4 Å². The van der Waals surface area contributed by atoms with E-state index < -0.39 is 0 Å². The lowest BCUT2D eigenvalue weighted by Gasteiger charge is -2.15. The molecule has 0 bridgehead atoms. The summed E-state index contributed by atoms with van der Waals surface area (Å²) in [4.78, 5) is 11.4. The summed E-state index contributed by atoms with van der Waals surface area (Å²) in [7, 11) is 0. The Bertz CT molecular complexity index is 210. The van der Waals surface area contributed by atoms with Crippen LogP contribution in [0.2, 0.25) is 0 Å². The molecule has 2 heteroatoms. The summed E-state index contributed by atoms with van der Waals surface area (Å²) in [5.74, 6) is 1.03. The van der Waals surface area contributed by atoms with Crippen LogP contribution in [0.25, 0.3) is 0 Å². The molecule has 80 valence electrons. The van der Waals surface area contributed by atoms with E-state index in [-0.39, 0.29) is 11.8 Å². The van der Waals surface area contributed by atoms with E-state index in [1.165, 1.54) is 12.8 Å². The Kier molecular flexibility index (Phi) is 4.71. The van der Waals surface area contributed by atoms with E-state index in [1.54, 1.807) is 0 Å². The van der Waals surface area contributed by atoms with Crippen LogP contribution in [0, 0.1) is 11.8 Å². The van der Waals surface area contributed by atoms with Crippen molar-refractivity contribution in [1.29, 1.82) is 0 Å². The third-order valence-electron chi connectivity index (χ3n) is 2.92. The van der Waals surface area contributed by atoms with E-state index in [0.717, 1.165) is 19.4 Å². The number of amides is 1. The highest BCUT2D eigenvalue weighted by molar-refractivity contribution is 5.78. The molecule has 0 unspecified atom stereocenters. The zero-order chi connectivity index (χ0) is 10.4. The minimum atomic E-state index is 0.127. The maximum absolute atomic E-state index is 11.4. The van der Waals surface area contributed by atoms with Gasteiger partial charge in [-0.2, -0.15) is 0 Å². The van der Waals surface area contributed by atoms with Gasteiger partial charge in [0.05, 0.1) is 0 Å². The van der Waals surface area contributed by atoms with Crippen LogP contribution in [0.3, 0.4) is 0 Å². The predicted molar refractivity (Wildman–Crippen MR) is 58.9 cm³/mol. The Morgan fingerprint density at radius 1 is 1.57 bits per heavy atom. The van der Waals surface area contributed by atoms with Crippen molar-refractivity contribution < 1.29 is 4.79 Å². The third-order valence-corrected chi connectivity index (χ3v) is 2.92. The lowest BCUT2D eigenvalue weighted by atomic mass is 9.96. The largest absolute Gasteiger partial charge is 0.356 e. The summed E-state index contributed by atoms with van der Waals surface area (Å²) in [5.41, 5.74) is 0. The van der Waals surface area contributed by atoms with E-state index in [9.17, 15) is 4.79 Å². The number of rotatable bonds is 1. The summed E-state index contributed by atoms with van der Waals surface area (Å²) < 4.78 is 0. The highest BCUT2D eigenvalue weighted by Gasteiger charge is 2.12. The van der Waals surface area contributed by atoms with E-state index in [4.69, 9.17) is 0 Å². The highest BCUT2D eigenvalue weighted by Crippen LogP contribution is 2.15. The second-order valence-corrected chi connectivity index (χ2v) is 4.17. The number of allylic oxidation sites excluding steroid dienone is 2. The fourth-order valence-corrected chi connectivity index (χ4v) is 1.77. The van der Waals surface area contributed by atoms with Crippen molar-refractivity contribution in [3.63, 3.8) is 0 Å². The molecule has 14 heavy (non-hydrogen) atoms. The van der Waals surface area contributed by atoms with Crippen LogP contribution in [0.5, 0.6) is 0 Å². The van der Waals surface area contributed by atoms with E-state index in [1.807, 2.05) is 6.92 Å². The van der Waals surface area contributed by atoms with Crippen LogP contribution in [-0.4, -0.2) is 12.5 Å². The van der Waals surface area contributed by atoms with Gasteiger partial charge in [0, 0.05) is 12.5 Å². The molecule has 1 aliphatic heterocycles. The molecule has 1 N–H and O–H groups in total. The first-order valence-electron chi connectivity index (χ1n) is 5.68. The van der Waals surface area contributed by atoms with Gasteiger partial charge in [0.15, 0.2) is 0 Å². The Labute approximate surface area is 86.8 Å². The maximum Gasteiger partial charge on any atom is 0.223 e. The summed E-state index contributed by atoms with van der Waals surface area (Å²) in [6.45, 7) is 5.05. The monoisotopic (exact) mass is 195 g/mol. The normalized spacial score (nSPS) is 32.0. The van der Waals surface area contributed by atoms with Gasteiger partial charge in [-0.1, -0.05) is 26.0 Å². The van der Waals surface area contributed by atoms with Gasteiger partial charge < -0.3 is 5.32 Å². The number of hydrogen-bond donors (Lipinski definition) is 1. The molecule has 1 heterocycles. The van der Waals surface area contributed by atoms with Crippen molar-refractivity contribution in [3.05, 3.63) is 12.2 Å². The second-order valence-electron chi connectivity index (χ2n) is 4.17. The fraction of sp³-hybridized carbons (Fsp3) is 0.750. The minimum Gasteiger partial charge on any atom is -0.356 e. The number of carbonyl (C=O) groups is 1. The molecule has 0 spiro atoms. The standard InChI is InChI=1S/C12H21NO/c1-3-11-7-4-6-10(2)12(14)13-9-5-8-11/h4,7,10-11H,3,5-6,8-9H2,1-2H3,(H,13,14)/b7-4+/t10-,11+/m1/s1. The minimum absolute atomic E-state index is 0.127. The Morgan fingerprint density at radius 3 is 3.07 bits per heavy atom. The Hall–Kier alpha value is -0.790. The van der Waals surface area contributed by atoms with Gasteiger partial charge in [-0.15, -0.1) is 0 Å². The molecule has 1 rings (SSSR count). The third kappa shape index (κ3) is 3.52. The molecule has 2 atom stereocenters. The summed E-state index contributed by atoms with van der Waals surface area (Å²) in [6.07, 6.45) is 8.84. The average molecular weight is 195 g/mol. The van der Waals surface area contributed by atoms with Crippen molar-refractivity contribution in [1.82, 2.24) is 5.32 Å². The van der Waals surface area contributed by atoms with Gasteiger partial charge >= 0.3 is 0 Å². The lowest BCUT2D eigenvalue weighted by Crippen LogP contribution is -2.30. The summed E-state index contributed by atoms with van der Waals surface area (Å²) in [6, 6.07) is 0. The number of hydrogen-bond acceptors (Lipinski definition) is 1. The second kappa shape index (κ2) is 5.84. The lowest BCUT2D eigenvalue weighted by molar-refractivity contribution is -0.124. The van der Waals surface area contributed by atoms with Crippen molar-refractivity contribution in [2.24, 2.45) is 11.8 Å². The number of nitrogens with one attached hydrogen (secondary N) is 1. The number of carbonyl (C=O) groups excluding carboxylic acids is 1. The summed E-state index contributed by atoms with van der Waals surface area (Å²) in [5, 5.41) is 2.97. The first-order chi connectivity index (χ1) is 6.74. The van der Waals surface area contributed by atoms with Gasteiger partial charge in [-0.25, -0.2) is 0 Å². The molecule has 0 radical (unpaired) electrons. The zero-order valence-electron chi connectivity index (χ0n) is 9.25. The van der Waals surface area contributed by atoms with Gasteiger partial charge in [0.2, 0.25) is 5.91 Å². The molecule has 0 saturated carbocycles. The van der Waals surface area contributed by atoms with E-state index in [0.29, 0.717) is 5.92 Å². The van der Waals surface area contributed by atoms with Crippen LogP contribution in [-0.2, 0) is 4.79 Å². The smallest absolute Gasteiger partial charge is 0.223 e. The Balaban J connectivity index is 2.53. The quantitative estimate of drug-likeness (QED) is 0.640. The highest BCUT2D eigenvalue weighted by atomic mass is 16.1. The SMILES string of the molecule is CC[C@H]1/C=C/C[C@@H](C)C(=O)NCCC1. The van der Waals surface area contributed by atoms with Crippen molar-refractivity contribution >= 4 is 5.91 Å². The van der Waals surface area contributed by atoms with Gasteiger partial charge in [0.25, 0.3) is 0 Å². The van der Waals surface area contributed by atoms with Gasteiger partial charge in [0.1, 0.15) is 0 Å². The molecule has 0 saturated heterocycles. The molecule has 2 nitrogen and oxygen atoms in total. The zero-order valence-corrected chi connectivity index (χ0v) is 9.25. The predicted octanol–water partition coefficient (Wildman–Crippen LogP) is 2.51. The Morgan fingerprint density at radius 2 is 2.36 bits per heavy atom. The molecule has 1 amide bonds. The first kappa shape index (κ1) is 11.3. The molecular formula is C12H21NO. The first-order valence-corrected chi connectivity index (χ1v) is 5.68. The topological polar surface area (TPSA) is 29.1 Å². The van der Waals surface area contributed by atoms with Crippen LogP contribution in [0.4, 0.5) is 0 Å². The van der Waals surface area contributed by atoms with Crippen LogP contribution in [0.15, 0.2) is 12.2 Å². The molecule has 0 aliphatic carbocycles. The molecule has 0 aromatic heterocycles. The molecular weight excluding hydrogens is 174 g/mol. The van der Waals surface area contributed by atoms with Gasteiger partial charge in [-0.3, -0.25) is 4.79 Å². The molecule has 0 aromatic rings. The molecule has 1 aliphatic rings. The fourth-order valence-electron chi connectivity index (χ4n) is 1.77. The average Bonchev–Trinajstić information content (AvgIpc) is 2.20. The molecule has 0 fully saturated rings. The van der Waals surface area contributed by atoms with Gasteiger partial charge in [-0.05, 0) is 31.6 Å². The van der Waals surface area contributed by atoms with E-state index >= 15 is 0 Å². The maximum atomic E-state index is 11.4. The molecule has 0 aromatic carbocycles. The van der Waals surface area contributed by atoms with Crippen molar-refractivity contribution in [2.75, 3.05) is 6.54 Å². The van der Waals surface area contributed by atoms with Crippen LogP contribution >= 0.6 is 0 Å². The summed E-state index contributed by atoms with van der Waals surface area (Å²) >= 11 is 0. The van der Waals surface area contributed by atoms with Crippen molar-refractivity contribution in [3.8, 4) is 0 Å².